The molecule has 2 heterocycles. The predicted octanol–water partition coefficient (Wildman–Crippen LogP) is 2.96. The summed E-state index contributed by atoms with van der Waals surface area (Å²) < 4.78 is 1.93. The van der Waals surface area contributed by atoms with Crippen LogP contribution in [0.4, 0.5) is 5.82 Å². The van der Waals surface area contributed by atoms with Gasteiger partial charge in [0.15, 0.2) is 0 Å². The smallest absolute Gasteiger partial charge is 0.143 e. The monoisotopic (exact) mass is 348 g/mol. The van der Waals surface area contributed by atoms with Crippen molar-refractivity contribution in [2.45, 2.75) is 25.3 Å². The second-order valence-electron chi connectivity index (χ2n) is 3.98. The molecule has 1 aliphatic rings. The number of aromatic nitrogens is 1. The van der Waals surface area contributed by atoms with E-state index in [4.69, 9.17) is 0 Å². The summed E-state index contributed by atoms with van der Waals surface area (Å²) in [5.41, 5.74) is 0. The van der Waals surface area contributed by atoms with Crippen LogP contribution < -0.4 is 4.90 Å². The van der Waals surface area contributed by atoms with Crippen molar-refractivity contribution in [3.8, 4) is 0 Å². The molecule has 5 heteroatoms. The van der Waals surface area contributed by atoms with Gasteiger partial charge in [-0.15, -0.1) is 0 Å². The van der Waals surface area contributed by atoms with Gasteiger partial charge < -0.3 is 10.0 Å². The van der Waals surface area contributed by atoms with E-state index in [9.17, 15) is 5.11 Å². The second kappa shape index (κ2) is 5.47. The third-order valence-corrected chi connectivity index (χ3v) is 3.92. The maximum absolute atomic E-state index is 9.37. The molecule has 0 aliphatic carbocycles. The normalized spacial score (nSPS) is 21.2. The summed E-state index contributed by atoms with van der Waals surface area (Å²) in [5, 5.41) is 9.37. The van der Waals surface area contributed by atoms with Crippen molar-refractivity contribution in [2.75, 3.05) is 18.1 Å². The van der Waals surface area contributed by atoms with Gasteiger partial charge in [-0.3, -0.25) is 0 Å². The zero-order valence-corrected chi connectivity index (χ0v) is 12.0. The van der Waals surface area contributed by atoms with Crippen molar-refractivity contribution in [2.24, 2.45) is 0 Å². The third kappa shape index (κ3) is 2.57. The molecule has 1 atom stereocenters. The van der Waals surface area contributed by atoms with E-state index in [-0.39, 0.29) is 12.6 Å². The standard InChI is InChI=1S/C11H14Br2N2O/c12-8-5-10(13)11(14-6-8)15-4-2-1-3-9(15)7-16/h5-6,9,16H,1-4,7H2. The van der Waals surface area contributed by atoms with Gasteiger partial charge in [0.05, 0.1) is 17.1 Å². The molecule has 16 heavy (non-hydrogen) atoms. The topological polar surface area (TPSA) is 36.4 Å². The van der Waals surface area contributed by atoms with Gasteiger partial charge >= 0.3 is 0 Å². The van der Waals surface area contributed by atoms with E-state index < -0.39 is 0 Å². The molecule has 0 spiro atoms. The number of halogens is 2. The third-order valence-electron chi connectivity index (χ3n) is 2.90. The summed E-state index contributed by atoms with van der Waals surface area (Å²) in [6, 6.07) is 2.20. The summed E-state index contributed by atoms with van der Waals surface area (Å²) in [6.07, 6.45) is 5.19. The highest BCUT2D eigenvalue weighted by atomic mass is 79.9. The fourth-order valence-corrected chi connectivity index (χ4v) is 3.30. The van der Waals surface area contributed by atoms with Crippen LogP contribution in [0, 0.1) is 0 Å². The molecule has 1 N–H and O–H groups in total. The predicted molar refractivity (Wildman–Crippen MR) is 71.7 cm³/mol. The molecular weight excluding hydrogens is 336 g/mol. The Balaban J connectivity index is 2.27. The minimum Gasteiger partial charge on any atom is -0.394 e. The molecule has 88 valence electrons. The highest BCUT2D eigenvalue weighted by Crippen LogP contribution is 2.31. The molecule has 0 amide bonds. The number of aliphatic hydroxyl groups is 1. The highest BCUT2D eigenvalue weighted by molar-refractivity contribution is 9.11. The number of nitrogens with zero attached hydrogens (tertiary/aromatic N) is 2. The molecule has 0 aromatic carbocycles. The summed E-state index contributed by atoms with van der Waals surface area (Å²) >= 11 is 6.92. The number of hydrogen-bond donors (Lipinski definition) is 1. The molecular formula is C11H14Br2N2O. The molecule has 2 rings (SSSR count). The lowest BCUT2D eigenvalue weighted by molar-refractivity contribution is 0.239. The minimum atomic E-state index is 0.199. The molecule has 0 saturated carbocycles. The van der Waals surface area contributed by atoms with Crippen LogP contribution in [0.5, 0.6) is 0 Å². The minimum absolute atomic E-state index is 0.199. The van der Waals surface area contributed by atoms with Crippen LogP contribution in [0.1, 0.15) is 19.3 Å². The van der Waals surface area contributed by atoms with Gasteiger partial charge in [-0.05, 0) is 57.2 Å². The first-order chi connectivity index (χ1) is 7.72. The van der Waals surface area contributed by atoms with Gasteiger partial charge in [0, 0.05) is 17.2 Å². The van der Waals surface area contributed by atoms with Crippen LogP contribution in [0.3, 0.4) is 0 Å². The fraction of sp³-hybridized carbons (Fsp3) is 0.545. The zero-order valence-electron chi connectivity index (χ0n) is 8.87. The van der Waals surface area contributed by atoms with Gasteiger partial charge in [0.25, 0.3) is 0 Å². The Labute approximate surface area is 112 Å². The van der Waals surface area contributed by atoms with Crippen molar-refractivity contribution in [3.05, 3.63) is 21.2 Å². The van der Waals surface area contributed by atoms with E-state index in [2.05, 4.69) is 41.7 Å². The van der Waals surface area contributed by atoms with E-state index in [1.54, 1.807) is 6.20 Å². The van der Waals surface area contributed by atoms with Gasteiger partial charge in [0.2, 0.25) is 0 Å². The van der Waals surface area contributed by atoms with E-state index in [0.717, 1.165) is 27.7 Å². The molecule has 1 saturated heterocycles. The number of pyridine rings is 1. The van der Waals surface area contributed by atoms with Crippen molar-refractivity contribution in [1.82, 2.24) is 4.98 Å². The van der Waals surface area contributed by atoms with E-state index in [1.165, 1.54) is 12.8 Å². The Morgan fingerprint density at radius 2 is 2.25 bits per heavy atom. The summed E-state index contributed by atoms with van der Waals surface area (Å²) in [5.74, 6) is 0.932. The number of hydrogen-bond acceptors (Lipinski definition) is 3. The van der Waals surface area contributed by atoms with E-state index in [1.807, 2.05) is 6.07 Å². The lowest BCUT2D eigenvalue weighted by Gasteiger charge is -2.36. The largest absolute Gasteiger partial charge is 0.394 e. The maximum atomic E-state index is 9.37. The van der Waals surface area contributed by atoms with Gasteiger partial charge in [-0.1, -0.05) is 0 Å². The highest BCUT2D eigenvalue weighted by Gasteiger charge is 2.24. The molecule has 1 aliphatic heterocycles. The zero-order chi connectivity index (χ0) is 11.5. The SMILES string of the molecule is OCC1CCCCN1c1ncc(Br)cc1Br. The molecule has 0 bridgehead atoms. The van der Waals surface area contributed by atoms with E-state index in [0.29, 0.717) is 0 Å². The first-order valence-corrected chi connectivity index (χ1v) is 6.99. The first kappa shape index (κ1) is 12.3. The van der Waals surface area contributed by atoms with Crippen molar-refractivity contribution >= 4 is 37.7 Å². The number of aliphatic hydroxyl groups excluding tert-OH is 1. The molecule has 1 unspecified atom stereocenters. The Kier molecular flexibility index (Phi) is 4.21. The number of rotatable bonds is 2. The lowest BCUT2D eigenvalue weighted by Crippen LogP contribution is -2.42. The molecule has 3 nitrogen and oxygen atoms in total. The van der Waals surface area contributed by atoms with Crippen molar-refractivity contribution in [3.63, 3.8) is 0 Å². The average molecular weight is 350 g/mol. The summed E-state index contributed by atoms with van der Waals surface area (Å²) in [4.78, 5) is 6.62. The van der Waals surface area contributed by atoms with Crippen LogP contribution in [0.2, 0.25) is 0 Å². The number of anilines is 1. The van der Waals surface area contributed by atoms with E-state index >= 15 is 0 Å². The van der Waals surface area contributed by atoms with Gasteiger partial charge in [-0.2, -0.15) is 0 Å². The Bertz CT molecular complexity index is 373. The molecule has 1 fully saturated rings. The van der Waals surface area contributed by atoms with Crippen molar-refractivity contribution < 1.29 is 5.11 Å². The molecule has 0 radical (unpaired) electrons. The lowest BCUT2D eigenvalue weighted by atomic mass is 10.0. The van der Waals surface area contributed by atoms with Crippen LogP contribution in [-0.2, 0) is 0 Å². The van der Waals surface area contributed by atoms with Crippen LogP contribution in [0.15, 0.2) is 21.2 Å². The number of piperidine rings is 1. The van der Waals surface area contributed by atoms with Gasteiger partial charge in [0.1, 0.15) is 5.82 Å². The van der Waals surface area contributed by atoms with Gasteiger partial charge in [-0.25, -0.2) is 4.98 Å². The molecule has 1 aromatic rings. The van der Waals surface area contributed by atoms with Crippen molar-refractivity contribution in [1.29, 1.82) is 0 Å². The molecule has 1 aromatic heterocycles. The Morgan fingerprint density at radius 3 is 2.94 bits per heavy atom. The second-order valence-corrected chi connectivity index (χ2v) is 5.75. The van der Waals surface area contributed by atoms with Crippen LogP contribution in [-0.4, -0.2) is 29.3 Å². The summed E-state index contributed by atoms with van der Waals surface area (Å²) in [7, 11) is 0. The Morgan fingerprint density at radius 1 is 1.44 bits per heavy atom. The first-order valence-electron chi connectivity index (χ1n) is 5.41. The quantitative estimate of drug-likeness (QED) is 0.891. The summed E-state index contributed by atoms with van der Waals surface area (Å²) in [6.45, 7) is 1.17. The fourth-order valence-electron chi connectivity index (χ4n) is 2.09. The average Bonchev–Trinajstić information content (AvgIpc) is 2.29. The van der Waals surface area contributed by atoms with Crippen LogP contribution in [0.25, 0.3) is 0 Å². The van der Waals surface area contributed by atoms with Crippen LogP contribution >= 0.6 is 31.9 Å². The Hall–Kier alpha value is -0.130. The maximum Gasteiger partial charge on any atom is 0.143 e.